The first-order chi connectivity index (χ1) is 8.06. The molecule has 17 heavy (non-hydrogen) atoms. The molecular formula is C12H11BrFN3. The minimum Gasteiger partial charge on any atom is -0.396 e. The first kappa shape index (κ1) is 11.9. The van der Waals surface area contributed by atoms with E-state index in [4.69, 9.17) is 5.73 Å². The minimum atomic E-state index is -0.359. The van der Waals surface area contributed by atoms with Crippen LogP contribution in [-0.4, -0.2) is 4.98 Å². The summed E-state index contributed by atoms with van der Waals surface area (Å²) < 4.78 is 14.3. The second-order valence-corrected chi connectivity index (χ2v) is 4.56. The largest absolute Gasteiger partial charge is 0.396 e. The third-order valence-electron chi connectivity index (χ3n) is 2.25. The number of nitrogen functional groups attached to an aromatic ring is 1. The number of aryl methyl sites for hydroxylation is 1. The Hall–Kier alpha value is -1.62. The molecule has 2 aromatic rings. The number of hydrogen-bond donors (Lipinski definition) is 2. The van der Waals surface area contributed by atoms with Gasteiger partial charge in [0.05, 0.1) is 11.4 Å². The number of rotatable bonds is 2. The highest BCUT2D eigenvalue weighted by atomic mass is 79.9. The van der Waals surface area contributed by atoms with Crippen molar-refractivity contribution in [1.82, 2.24) is 4.98 Å². The summed E-state index contributed by atoms with van der Waals surface area (Å²) in [6.07, 6.45) is 0. The van der Waals surface area contributed by atoms with Crippen LogP contribution >= 0.6 is 15.9 Å². The topological polar surface area (TPSA) is 50.9 Å². The molecule has 0 spiro atoms. The first-order valence-electron chi connectivity index (χ1n) is 5.01. The van der Waals surface area contributed by atoms with E-state index in [1.807, 2.05) is 6.92 Å². The monoisotopic (exact) mass is 295 g/mol. The van der Waals surface area contributed by atoms with Gasteiger partial charge in [-0.15, -0.1) is 0 Å². The van der Waals surface area contributed by atoms with Crippen LogP contribution in [0.1, 0.15) is 5.69 Å². The maximum atomic E-state index is 13.6. The zero-order chi connectivity index (χ0) is 12.4. The number of hydrogen-bond acceptors (Lipinski definition) is 3. The van der Waals surface area contributed by atoms with Gasteiger partial charge < -0.3 is 11.1 Å². The molecule has 2 rings (SSSR count). The first-order valence-corrected chi connectivity index (χ1v) is 5.81. The average Bonchev–Trinajstić information content (AvgIpc) is 2.27. The number of benzene rings is 1. The molecule has 5 heteroatoms. The van der Waals surface area contributed by atoms with E-state index < -0.39 is 0 Å². The Balaban J connectivity index is 2.34. The van der Waals surface area contributed by atoms with Crippen LogP contribution in [0.25, 0.3) is 0 Å². The SMILES string of the molecule is Cc1ccc(N)c(Nc2ccc(Br)cc2F)n1. The van der Waals surface area contributed by atoms with E-state index in [-0.39, 0.29) is 5.82 Å². The third kappa shape index (κ3) is 2.74. The molecule has 0 aliphatic heterocycles. The van der Waals surface area contributed by atoms with Crippen LogP contribution in [0.4, 0.5) is 21.6 Å². The number of anilines is 3. The standard InChI is InChI=1S/C12H11BrFN3/c1-7-2-4-10(15)12(16-7)17-11-5-3-8(13)6-9(11)14/h2-6H,15H2,1H3,(H,16,17). The highest BCUT2D eigenvalue weighted by Crippen LogP contribution is 2.25. The Morgan fingerprint density at radius 1 is 1.29 bits per heavy atom. The zero-order valence-electron chi connectivity index (χ0n) is 9.17. The zero-order valence-corrected chi connectivity index (χ0v) is 10.8. The Bertz CT molecular complexity index is 557. The van der Waals surface area contributed by atoms with Gasteiger partial charge >= 0.3 is 0 Å². The van der Waals surface area contributed by atoms with Crippen LogP contribution in [-0.2, 0) is 0 Å². The van der Waals surface area contributed by atoms with Gasteiger partial charge in [0.15, 0.2) is 5.82 Å². The number of nitrogens with zero attached hydrogens (tertiary/aromatic N) is 1. The van der Waals surface area contributed by atoms with Gasteiger partial charge in [0.2, 0.25) is 0 Å². The molecule has 0 unspecified atom stereocenters. The molecule has 3 nitrogen and oxygen atoms in total. The Labute approximate surface area is 107 Å². The Morgan fingerprint density at radius 2 is 2.06 bits per heavy atom. The van der Waals surface area contributed by atoms with E-state index >= 15 is 0 Å². The van der Waals surface area contributed by atoms with Gasteiger partial charge in [-0.1, -0.05) is 15.9 Å². The smallest absolute Gasteiger partial charge is 0.153 e. The lowest BCUT2D eigenvalue weighted by Crippen LogP contribution is -2.01. The fourth-order valence-corrected chi connectivity index (χ4v) is 1.72. The van der Waals surface area contributed by atoms with E-state index in [0.717, 1.165) is 5.69 Å². The van der Waals surface area contributed by atoms with E-state index in [1.165, 1.54) is 6.07 Å². The molecular weight excluding hydrogens is 285 g/mol. The summed E-state index contributed by atoms with van der Waals surface area (Å²) >= 11 is 3.20. The Kier molecular flexibility index (Phi) is 3.28. The lowest BCUT2D eigenvalue weighted by Gasteiger charge is -2.10. The summed E-state index contributed by atoms with van der Waals surface area (Å²) in [5.74, 6) is 0.105. The molecule has 1 aromatic heterocycles. The van der Waals surface area contributed by atoms with E-state index in [0.29, 0.717) is 21.7 Å². The number of pyridine rings is 1. The predicted molar refractivity (Wildman–Crippen MR) is 70.8 cm³/mol. The van der Waals surface area contributed by atoms with Crippen LogP contribution in [0.15, 0.2) is 34.8 Å². The maximum absolute atomic E-state index is 13.6. The molecule has 3 N–H and O–H groups in total. The summed E-state index contributed by atoms with van der Waals surface area (Å²) in [4.78, 5) is 4.22. The third-order valence-corrected chi connectivity index (χ3v) is 2.74. The van der Waals surface area contributed by atoms with Gasteiger partial charge in [-0.3, -0.25) is 0 Å². The van der Waals surface area contributed by atoms with Crippen LogP contribution in [0.3, 0.4) is 0 Å². The van der Waals surface area contributed by atoms with E-state index in [1.54, 1.807) is 24.3 Å². The summed E-state index contributed by atoms with van der Waals surface area (Å²) in [5, 5.41) is 2.88. The fraction of sp³-hybridized carbons (Fsp3) is 0.0833. The molecule has 0 aliphatic carbocycles. The summed E-state index contributed by atoms with van der Waals surface area (Å²) in [6.45, 7) is 1.85. The molecule has 0 bridgehead atoms. The quantitative estimate of drug-likeness (QED) is 0.890. The van der Waals surface area contributed by atoms with Gasteiger partial charge in [-0.25, -0.2) is 9.37 Å². The Morgan fingerprint density at radius 3 is 2.76 bits per heavy atom. The molecule has 0 fully saturated rings. The number of halogens is 2. The molecule has 1 heterocycles. The van der Waals surface area contributed by atoms with Crippen molar-refractivity contribution in [3.63, 3.8) is 0 Å². The van der Waals surface area contributed by atoms with Crippen molar-refractivity contribution in [3.05, 3.63) is 46.3 Å². The minimum absolute atomic E-state index is 0.345. The number of nitrogens with one attached hydrogen (secondary N) is 1. The van der Waals surface area contributed by atoms with Crippen molar-refractivity contribution in [1.29, 1.82) is 0 Å². The highest BCUT2D eigenvalue weighted by Gasteiger charge is 2.06. The summed E-state index contributed by atoms with van der Waals surface area (Å²) in [6, 6.07) is 8.30. The molecule has 0 radical (unpaired) electrons. The lowest BCUT2D eigenvalue weighted by atomic mass is 10.3. The van der Waals surface area contributed by atoms with Gasteiger partial charge in [0, 0.05) is 10.2 Å². The number of aromatic nitrogens is 1. The van der Waals surface area contributed by atoms with Crippen molar-refractivity contribution in [2.45, 2.75) is 6.92 Å². The summed E-state index contributed by atoms with van der Waals surface area (Å²) in [5.41, 5.74) is 7.41. The van der Waals surface area contributed by atoms with Crippen molar-refractivity contribution >= 4 is 33.1 Å². The van der Waals surface area contributed by atoms with Crippen LogP contribution in [0.2, 0.25) is 0 Å². The van der Waals surface area contributed by atoms with Gasteiger partial charge in [-0.2, -0.15) is 0 Å². The maximum Gasteiger partial charge on any atom is 0.153 e. The van der Waals surface area contributed by atoms with Crippen molar-refractivity contribution in [2.24, 2.45) is 0 Å². The highest BCUT2D eigenvalue weighted by molar-refractivity contribution is 9.10. The second kappa shape index (κ2) is 4.71. The van der Waals surface area contributed by atoms with Gasteiger partial charge in [-0.05, 0) is 37.3 Å². The second-order valence-electron chi connectivity index (χ2n) is 3.64. The molecule has 0 saturated carbocycles. The molecule has 1 aromatic carbocycles. The van der Waals surface area contributed by atoms with Gasteiger partial charge in [0.25, 0.3) is 0 Å². The lowest BCUT2D eigenvalue weighted by molar-refractivity contribution is 0.631. The molecule has 0 atom stereocenters. The normalized spacial score (nSPS) is 10.3. The number of nitrogens with two attached hydrogens (primary N) is 1. The van der Waals surface area contributed by atoms with Gasteiger partial charge in [0.1, 0.15) is 5.82 Å². The molecule has 0 saturated heterocycles. The average molecular weight is 296 g/mol. The molecule has 0 aliphatic rings. The fourth-order valence-electron chi connectivity index (χ4n) is 1.39. The predicted octanol–water partition coefficient (Wildman–Crippen LogP) is 3.62. The molecule has 88 valence electrons. The van der Waals surface area contributed by atoms with Crippen LogP contribution in [0.5, 0.6) is 0 Å². The van der Waals surface area contributed by atoms with E-state index in [9.17, 15) is 4.39 Å². The van der Waals surface area contributed by atoms with Crippen molar-refractivity contribution < 1.29 is 4.39 Å². The van der Waals surface area contributed by atoms with Crippen molar-refractivity contribution in [2.75, 3.05) is 11.1 Å². The molecule has 0 amide bonds. The van der Waals surface area contributed by atoms with E-state index in [2.05, 4.69) is 26.2 Å². The summed E-state index contributed by atoms with van der Waals surface area (Å²) in [7, 11) is 0. The van der Waals surface area contributed by atoms with Crippen molar-refractivity contribution in [3.8, 4) is 0 Å². The van der Waals surface area contributed by atoms with Crippen LogP contribution in [0, 0.1) is 12.7 Å². The van der Waals surface area contributed by atoms with Crippen LogP contribution < -0.4 is 11.1 Å².